The summed E-state index contributed by atoms with van der Waals surface area (Å²) in [6.07, 6.45) is 1.71. The van der Waals surface area contributed by atoms with E-state index in [0.717, 1.165) is 11.3 Å². The van der Waals surface area contributed by atoms with E-state index in [2.05, 4.69) is 0 Å². The largest absolute Gasteiger partial charge is 0.317 e. The molecule has 1 aliphatic heterocycles. The molecule has 110 valence electrons. The number of benzene rings is 2. The summed E-state index contributed by atoms with van der Waals surface area (Å²) in [5, 5.41) is 0.421. The summed E-state index contributed by atoms with van der Waals surface area (Å²) in [6, 6.07) is 15.2. The number of hydrogen-bond acceptors (Lipinski definition) is 2. The summed E-state index contributed by atoms with van der Waals surface area (Å²) in [4.78, 5) is 15.8. The van der Waals surface area contributed by atoms with Gasteiger partial charge < -0.3 is 4.90 Å². The van der Waals surface area contributed by atoms with Crippen molar-refractivity contribution in [1.82, 2.24) is 4.90 Å². The maximum Gasteiger partial charge on any atom is 0.281 e. The standard InChI is InChI=1S/C17H13FN2OS/c1-19-15(11-12-7-9-13(18)10-8-12)16(21)20(17(19)22)14-5-3-2-4-6-14/h2-11H,1H3/b15-11-. The third-order valence-corrected chi connectivity index (χ3v) is 3.91. The lowest BCUT2D eigenvalue weighted by atomic mass is 10.2. The van der Waals surface area contributed by atoms with E-state index in [0.29, 0.717) is 10.8 Å². The summed E-state index contributed by atoms with van der Waals surface area (Å²) in [6.45, 7) is 0. The molecule has 1 fully saturated rings. The van der Waals surface area contributed by atoms with Gasteiger partial charge in [0, 0.05) is 7.05 Å². The number of anilines is 1. The minimum atomic E-state index is -0.310. The minimum absolute atomic E-state index is 0.192. The Hall–Kier alpha value is -2.53. The van der Waals surface area contributed by atoms with Gasteiger partial charge in [0.25, 0.3) is 5.91 Å². The van der Waals surface area contributed by atoms with Gasteiger partial charge in [0.2, 0.25) is 0 Å². The van der Waals surface area contributed by atoms with Gasteiger partial charge in [-0.25, -0.2) is 4.39 Å². The second-order valence-electron chi connectivity index (χ2n) is 4.90. The SMILES string of the molecule is CN1C(=S)N(c2ccccc2)C(=O)/C1=C/c1ccc(F)cc1. The van der Waals surface area contributed by atoms with Gasteiger partial charge in [-0.15, -0.1) is 0 Å². The fourth-order valence-corrected chi connectivity index (χ4v) is 2.56. The quantitative estimate of drug-likeness (QED) is 0.627. The zero-order valence-corrected chi connectivity index (χ0v) is 12.7. The van der Waals surface area contributed by atoms with E-state index >= 15 is 0 Å². The molecule has 2 aromatic rings. The van der Waals surface area contributed by atoms with Gasteiger partial charge in [-0.05, 0) is 48.1 Å². The van der Waals surface area contributed by atoms with Crippen molar-refractivity contribution in [1.29, 1.82) is 0 Å². The summed E-state index contributed by atoms with van der Waals surface area (Å²) in [5.41, 5.74) is 1.93. The van der Waals surface area contributed by atoms with Crippen molar-refractivity contribution in [3.8, 4) is 0 Å². The van der Waals surface area contributed by atoms with E-state index in [9.17, 15) is 9.18 Å². The smallest absolute Gasteiger partial charge is 0.281 e. The van der Waals surface area contributed by atoms with Crippen molar-refractivity contribution in [3.63, 3.8) is 0 Å². The Morgan fingerprint density at radius 2 is 1.68 bits per heavy atom. The van der Waals surface area contributed by atoms with E-state index in [-0.39, 0.29) is 11.7 Å². The number of likely N-dealkylation sites (N-methyl/N-ethyl adjacent to an activating group) is 1. The molecule has 0 aromatic heterocycles. The number of amides is 1. The van der Waals surface area contributed by atoms with Crippen LogP contribution in [-0.4, -0.2) is 23.0 Å². The number of carbonyl (C=O) groups is 1. The number of halogens is 1. The maximum atomic E-state index is 13.0. The Balaban J connectivity index is 1.99. The molecule has 0 unspecified atom stereocenters. The molecule has 0 N–H and O–H groups in total. The molecule has 0 saturated carbocycles. The molecule has 3 rings (SSSR count). The highest BCUT2D eigenvalue weighted by Crippen LogP contribution is 2.27. The number of hydrogen-bond donors (Lipinski definition) is 0. The lowest BCUT2D eigenvalue weighted by Gasteiger charge is -2.16. The lowest BCUT2D eigenvalue weighted by molar-refractivity contribution is -0.114. The van der Waals surface area contributed by atoms with Crippen LogP contribution < -0.4 is 4.90 Å². The van der Waals surface area contributed by atoms with E-state index < -0.39 is 0 Å². The second-order valence-corrected chi connectivity index (χ2v) is 5.26. The predicted molar refractivity (Wildman–Crippen MR) is 88.7 cm³/mol. The molecular formula is C17H13FN2OS. The monoisotopic (exact) mass is 312 g/mol. The van der Waals surface area contributed by atoms with Crippen LogP contribution >= 0.6 is 12.2 Å². The van der Waals surface area contributed by atoms with Crippen molar-refractivity contribution >= 4 is 35.0 Å². The topological polar surface area (TPSA) is 23.6 Å². The number of carbonyl (C=O) groups excluding carboxylic acids is 1. The second kappa shape index (κ2) is 5.69. The van der Waals surface area contributed by atoms with Crippen molar-refractivity contribution in [3.05, 3.63) is 71.7 Å². The van der Waals surface area contributed by atoms with Crippen molar-refractivity contribution < 1.29 is 9.18 Å². The average Bonchev–Trinajstić information content (AvgIpc) is 2.74. The van der Waals surface area contributed by atoms with Crippen LogP contribution in [0, 0.1) is 5.82 Å². The van der Waals surface area contributed by atoms with Gasteiger partial charge in [-0.3, -0.25) is 9.69 Å². The highest BCUT2D eigenvalue weighted by atomic mass is 32.1. The number of para-hydroxylation sites is 1. The Bertz CT molecular complexity index is 756. The fraction of sp³-hybridized carbons (Fsp3) is 0.0588. The van der Waals surface area contributed by atoms with Crippen LogP contribution in [0.1, 0.15) is 5.56 Å². The van der Waals surface area contributed by atoms with Crippen LogP contribution in [0.2, 0.25) is 0 Å². The van der Waals surface area contributed by atoms with E-state index in [4.69, 9.17) is 12.2 Å². The number of rotatable bonds is 2. The van der Waals surface area contributed by atoms with Gasteiger partial charge in [0.05, 0.1) is 5.69 Å². The molecule has 0 bridgehead atoms. The molecule has 0 atom stereocenters. The highest BCUT2D eigenvalue weighted by molar-refractivity contribution is 7.80. The van der Waals surface area contributed by atoms with Crippen molar-refractivity contribution in [2.45, 2.75) is 0 Å². The molecular weight excluding hydrogens is 299 g/mol. The molecule has 0 aliphatic carbocycles. The third-order valence-electron chi connectivity index (χ3n) is 3.45. The van der Waals surface area contributed by atoms with E-state index in [1.807, 2.05) is 30.3 Å². The number of nitrogens with zero attached hydrogens (tertiary/aromatic N) is 2. The van der Waals surface area contributed by atoms with Crippen LogP contribution in [0.4, 0.5) is 10.1 Å². The Morgan fingerprint density at radius 3 is 2.32 bits per heavy atom. The summed E-state index contributed by atoms with van der Waals surface area (Å²) in [7, 11) is 1.75. The molecule has 2 aromatic carbocycles. The zero-order valence-electron chi connectivity index (χ0n) is 11.9. The highest BCUT2D eigenvalue weighted by Gasteiger charge is 2.36. The lowest BCUT2D eigenvalue weighted by Crippen LogP contribution is -2.30. The van der Waals surface area contributed by atoms with Gasteiger partial charge in [0.15, 0.2) is 5.11 Å². The van der Waals surface area contributed by atoms with Crippen molar-refractivity contribution in [2.24, 2.45) is 0 Å². The summed E-state index contributed by atoms with van der Waals surface area (Å²) >= 11 is 5.37. The Morgan fingerprint density at radius 1 is 1.05 bits per heavy atom. The predicted octanol–water partition coefficient (Wildman–Crippen LogP) is 3.43. The van der Waals surface area contributed by atoms with Gasteiger partial charge >= 0.3 is 0 Å². The molecule has 0 spiro atoms. The first-order chi connectivity index (χ1) is 10.6. The molecule has 1 saturated heterocycles. The van der Waals surface area contributed by atoms with Crippen LogP contribution in [0.15, 0.2) is 60.3 Å². The fourth-order valence-electron chi connectivity index (χ4n) is 2.28. The molecule has 1 heterocycles. The van der Waals surface area contributed by atoms with E-state index in [1.54, 1.807) is 30.2 Å². The van der Waals surface area contributed by atoms with Crippen LogP contribution in [0.25, 0.3) is 6.08 Å². The first-order valence-electron chi connectivity index (χ1n) is 6.72. The van der Waals surface area contributed by atoms with E-state index in [1.165, 1.54) is 17.0 Å². The maximum absolute atomic E-state index is 13.0. The average molecular weight is 312 g/mol. The van der Waals surface area contributed by atoms with Gasteiger partial charge in [-0.2, -0.15) is 0 Å². The summed E-state index contributed by atoms with van der Waals surface area (Å²) in [5.74, 6) is -0.502. The van der Waals surface area contributed by atoms with Crippen LogP contribution in [-0.2, 0) is 4.79 Å². The Labute approximate surface area is 133 Å². The van der Waals surface area contributed by atoms with Gasteiger partial charge in [-0.1, -0.05) is 30.3 Å². The first kappa shape index (κ1) is 14.4. The molecule has 3 nitrogen and oxygen atoms in total. The summed E-state index contributed by atoms with van der Waals surface area (Å²) < 4.78 is 13.0. The van der Waals surface area contributed by atoms with Crippen LogP contribution in [0.3, 0.4) is 0 Å². The first-order valence-corrected chi connectivity index (χ1v) is 7.13. The molecule has 1 amide bonds. The zero-order chi connectivity index (χ0) is 15.7. The molecule has 0 radical (unpaired) electrons. The van der Waals surface area contributed by atoms with Crippen molar-refractivity contribution in [2.75, 3.05) is 11.9 Å². The number of thiocarbonyl (C=S) groups is 1. The molecule has 1 aliphatic rings. The van der Waals surface area contributed by atoms with Crippen LogP contribution in [0.5, 0.6) is 0 Å². The third kappa shape index (κ3) is 2.51. The molecule has 5 heteroatoms. The minimum Gasteiger partial charge on any atom is -0.317 e. The Kier molecular flexibility index (Phi) is 3.73. The molecule has 22 heavy (non-hydrogen) atoms. The van der Waals surface area contributed by atoms with Gasteiger partial charge in [0.1, 0.15) is 11.5 Å². The normalized spacial score (nSPS) is 16.7.